The average Bonchev–Trinajstić information content (AvgIpc) is 3.17. The van der Waals surface area contributed by atoms with E-state index in [4.69, 9.17) is 4.98 Å². The number of carbonyl (C=O) groups excluding carboxylic acids is 1. The van der Waals surface area contributed by atoms with E-state index in [0.717, 1.165) is 28.1 Å². The zero-order valence-corrected chi connectivity index (χ0v) is 16.9. The molecule has 2 heterocycles. The van der Waals surface area contributed by atoms with Gasteiger partial charge in [0.15, 0.2) is 0 Å². The van der Waals surface area contributed by atoms with Crippen LogP contribution in [0.25, 0.3) is 10.2 Å². The van der Waals surface area contributed by atoms with Crippen molar-refractivity contribution in [3.8, 4) is 0 Å². The molecular formula is C20H21N3O3S2. The monoisotopic (exact) mass is 415 g/mol. The Morgan fingerprint density at radius 3 is 2.68 bits per heavy atom. The molecule has 0 bridgehead atoms. The van der Waals surface area contributed by atoms with Crippen molar-refractivity contribution in [2.24, 2.45) is 0 Å². The summed E-state index contributed by atoms with van der Waals surface area (Å²) < 4.78 is 28.2. The van der Waals surface area contributed by atoms with Crippen LogP contribution in [-0.2, 0) is 14.8 Å². The molecule has 1 amide bonds. The maximum atomic E-state index is 12.6. The topological polar surface area (TPSA) is 79.4 Å². The molecule has 4 rings (SSSR count). The van der Waals surface area contributed by atoms with Gasteiger partial charge in [-0.2, -0.15) is 0 Å². The van der Waals surface area contributed by atoms with E-state index in [9.17, 15) is 13.2 Å². The quantitative estimate of drug-likeness (QED) is 0.695. The number of para-hydroxylation sites is 1. The third-order valence-electron chi connectivity index (χ3n) is 4.90. The third-order valence-corrected chi connectivity index (χ3v) is 7.52. The summed E-state index contributed by atoms with van der Waals surface area (Å²) in [5.74, 6) is -0.00820. The van der Waals surface area contributed by atoms with Crippen LogP contribution in [0.4, 0.5) is 0 Å². The molecule has 1 aliphatic heterocycles. The molecular weight excluding hydrogens is 394 g/mol. The minimum absolute atomic E-state index is 0.161. The number of sulfonamides is 1. The summed E-state index contributed by atoms with van der Waals surface area (Å²) in [6, 6.07) is 16.1. The number of carbonyl (C=O) groups is 1. The second-order valence-corrected chi connectivity index (χ2v) is 9.67. The molecule has 1 saturated heterocycles. The zero-order chi connectivity index (χ0) is 19.6. The molecule has 0 unspecified atom stereocenters. The summed E-state index contributed by atoms with van der Waals surface area (Å²) >= 11 is 1.67. The van der Waals surface area contributed by atoms with Gasteiger partial charge in [-0.25, -0.2) is 18.1 Å². The Hall–Kier alpha value is -2.29. The van der Waals surface area contributed by atoms with Gasteiger partial charge in [0.2, 0.25) is 15.9 Å². The first kappa shape index (κ1) is 19.0. The molecule has 0 spiro atoms. The fourth-order valence-electron chi connectivity index (χ4n) is 3.42. The summed E-state index contributed by atoms with van der Waals surface area (Å²) in [7, 11) is -3.68. The fraction of sp³-hybridized carbons (Fsp3) is 0.300. The largest absolute Gasteiger partial charge is 0.341 e. The molecule has 8 heteroatoms. The van der Waals surface area contributed by atoms with Gasteiger partial charge < -0.3 is 4.90 Å². The Morgan fingerprint density at radius 2 is 1.89 bits per heavy atom. The Morgan fingerprint density at radius 1 is 1.14 bits per heavy atom. The van der Waals surface area contributed by atoms with Crippen molar-refractivity contribution in [3.05, 3.63) is 59.6 Å². The van der Waals surface area contributed by atoms with Gasteiger partial charge in [-0.15, -0.1) is 11.3 Å². The van der Waals surface area contributed by atoms with Gasteiger partial charge in [-0.05, 0) is 37.1 Å². The van der Waals surface area contributed by atoms with Gasteiger partial charge in [-0.1, -0.05) is 30.3 Å². The second kappa shape index (κ2) is 7.98. The molecule has 1 aromatic heterocycles. The predicted molar refractivity (Wildman–Crippen MR) is 110 cm³/mol. The molecule has 0 radical (unpaired) electrons. The number of fused-ring (bicyclic) bond motifs is 1. The van der Waals surface area contributed by atoms with E-state index >= 15 is 0 Å². The van der Waals surface area contributed by atoms with Crippen molar-refractivity contribution in [1.29, 1.82) is 0 Å². The number of hydrogen-bond donors (Lipinski definition) is 1. The van der Waals surface area contributed by atoms with Gasteiger partial charge in [-0.3, -0.25) is 4.79 Å². The lowest BCUT2D eigenvalue weighted by Crippen LogP contribution is -2.44. The van der Waals surface area contributed by atoms with E-state index in [0.29, 0.717) is 13.1 Å². The van der Waals surface area contributed by atoms with E-state index in [1.165, 1.54) is 12.1 Å². The van der Waals surface area contributed by atoms with Gasteiger partial charge in [0.25, 0.3) is 0 Å². The number of likely N-dealkylation sites (tertiary alicyclic amines) is 1. The fourth-order valence-corrected chi connectivity index (χ4v) is 5.51. The van der Waals surface area contributed by atoms with E-state index in [1.807, 2.05) is 18.2 Å². The van der Waals surface area contributed by atoms with Crippen molar-refractivity contribution >= 4 is 37.5 Å². The molecule has 146 valence electrons. The first-order chi connectivity index (χ1) is 13.5. The minimum atomic E-state index is -3.68. The standard InChI is InChI=1S/C20H21N3O3S2/c24-19(13-21-28(25,26)16-8-2-1-3-9-16)23-12-6-7-15(14-23)20-22-17-10-4-5-11-18(17)27-20/h1-5,8-11,15,21H,6-7,12-14H2/t15-/m0/s1. The lowest BCUT2D eigenvalue weighted by atomic mass is 9.98. The Bertz CT molecular complexity index is 1050. The van der Waals surface area contributed by atoms with Crippen LogP contribution in [0.15, 0.2) is 59.5 Å². The molecule has 2 aromatic carbocycles. The van der Waals surface area contributed by atoms with Crippen LogP contribution in [0.5, 0.6) is 0 Å². The first-order valence-corrected chi connectivity index (χ1v) is 11.5. The van der Waals surface area contributed by atoms with Crippen LogP contribution in [0.1, 0.15) is 23.8 Å². The van der Waals surface area contributed by atoms with Crippen LogP contribution in [-0.4, -0.2) is 43.8 Å². The molecule has 3 aromatic rings. The summed E-state index contributed by atoms with van der Waals surface area (Å²) in [4.78, 5) is 19.2. The molecule has 6 nitrogen and oxygen atoms in total. The zero-order valence-electron chi connectivity index (χ0n) is 15.2. The average molecular weight is 416 g/mol. The van der Waals surface area contributed by atoms with E-state index in [1.54, 1.807) is 34.4 Å². The molecule has 28 heavy (non-hydrogen) atoms. The summed E-state index contributed by atoms with van der Waals surface area (Å²) in [5.41, 5.74) is 0.988. The minimum Gasteiger partial charge on any atom is -0.341 e. The Kier molecular flexibility index (Phi) is 5.43. The number of rotatable bonds is 5. The van der Waals surface area contributed by atoms with Gasteiger partial charge in [0, 0.05) is 19.0 Å². The Labute approximate surface area is 168 Å². The number of thiazole rings is 1. The number of nitrogens with zero attached hydrogens (tertiary/aromatic N) is 2. The third kappa shape index (κ3) is 4.09. The summed E-state index contributed by atoms with van der Waals surface area (Å²) in [6.45, 7) is 0.989. The SMILES string of the molecule is O=C(CNS(=O)(=O)c1ccccc1)N1CCC[C@H](c2nc3ccccc3s2)C1. The van der Waals surface area contributed by atoms with E-state index in [2.05, 4.69) is 10.8 Å². The van der Waals surface area contributed by atoms with Crippen LogP contribution < -0.4 is 4.72 Å². The van der Waals surface area contributed by atoms with Crippen LogP contribution in [0, 0.1) is 0 Å². The lowest BCUT2D eigenvalue weighted by molar-refractivity contribution is -0.131. The highest BCUT2D eigenvalue weighted by Gasteiger charge is 2.27. The highest BCUT2D eigenvalue weighted by atomic mass is 32.2. The number of benzene rings is 2. The number of nitrogens with one attached hydrogen (secondary N) is 1. The molecule has 1 atom stereocenters. The van der Waals surface area contributed by atoms with Crippen LogP contribution in [0.3, 0.4) is 0 Å². The summed E-state index contributed by atoms with van der Waals surface area (Å²) in [5, 5.41) is 1.04. The van der Waals surface area contributed by atoms with Crippen molar-refractivity contribution in [1.82, 2.24) is 14.6 Å². The van der Waals surface area contributed by atoms with Gasteiger partial charge in [0.1, 0.15) is 0 Å². The number of hydrogen-bond acceptors (Lipinski definition) is 5. The van der Waals surface area contributed by atoms with Crippen molar-refractivity contribution in [2.75, 3.05) is 19.6 Å². The molecule has 1 N–H and O–H groups in total. The smallest absolute Gasteiger partial charge is 0.241 e. The van der Waals surface area contributed by atoms with E-state index in [-0.39, 0.29) is 23.3 Å². The van der Waals surface area contributed by atoms with Gasteiger partial charge in [0.05, 0.1) is 26.7 Å². The number of piperidine rings is 1. The number of amides is 1. The van der Waals surface area contributed by atoms with Crippen LogP contribution >= 0.6 is 11.3 Å². The highest BCUT2D eigenvalue weighted by molar-refractivity contribution is 7.89. The van der Waals surface area contributed by atoms with Gasteiger partial charge >= 0.3 is 0 Å². The van der Waals surface area contributed by atoms with Crippen molar-refractivity contribution < 1.29 is 13.2 Å². The summed E-state index contributed by atoms with van der Waals surface area (Å²) in [6.07, 6.45) is 1.87. The van der Waals surface area contributed by atoms with Crippen molar-refractivity contribution in [2.45, 2.75) is 23.7 Å². The predicted octanol–water partition coefficient (Wildman–Crippen LogP) is 2.98. The first-order valence-electron chi connectivity index (χ1n) is 9.21. The maximum Gasteiger partial charge on any atom is 0.241 e. The second-order valence-electron chi connectivity index (χ2n) is 6.84. The number of aromatic nitrogens is 1. The molecule has 1 fully saturated rings. The molecule has 0 saturated carbocycles. The van der Waals surface area contributed by atoms with Crippen molar-refractivity contribution in [3.63, 3.8) is 0 Å². The lowest BCUT2D eigenvalue weighted by Gasteiger charge is -2.31. The normalized spacial score (nSPS) is 17.7. The van der Waals surface area contributed by atoms with E-state index < -0.39 is 10.0 Å². The molecule has 1 aliphatic rings. The maximum absolute atomic E-state index is 12.6. The molecule has 0 aliphatic carbocycles. The van der Waals surface area contributed by atoms with Crippen LogP contribution in [0.2, 0.25) is 0 Å². The highest BCUT2D eigenvalue weighted by Crippen LogP contribution is 2.32. The Balaban J connectivity index is 1.41.